The molecule has 0 radical (unpaired) electrons. The van der Waals surface area contributed by atoms with Gasteiger partial charge in [-0.05, 0) is 44.0 Å². The molecule has 0 saturated carbocycles. The van der Waals surface area contributed by atoms with Crippen molar-refractivity contribution in [3.8, 4) is 0 Å². The summed E-state index contributed by atoms with van der Waals surface area (Å²) in [5, 5.41) is 1.06. The monoisotopic (exact) mass is 709 g/mol. The molecule has 264 valence electrons. The van der Waals surface area contributed by atoms with Gasteiger partial charge in [0, 0.05) is 37.9 Å². The zero-order chi connectivity index (χ0) is 37.0. The lowest BCUT2D eigenvalue weighted by Crippen LogP contribution is -1.76. The maximum atomic E-state index is 5.11. The van der Waals surface area contributed by atoms with Gasteiger partial charge >= 0.3 is 0 Å². The van der Waals surface area contributed by atoms with Gasteiger partial charge in [-0.1, -0.05) is 55.4 Å². The summed E-state index contributed by atoms with van der Waals surface area (Å²) in [4.78, 5) is 41.2. The molecular weight excluding hydrogens is 663 g/mol. The highest BCUT2D eigenvalue weighted by Crippen LogP contribution is 2.17. The third kappa shape index (κ3) is 14.3. The van der Waals surface area contributed by atoms with E-state index in [0.717, 1.165) is 32.0 Å². The SMILES string of the molecule is CC.CC.CC.CC.CN.Cc1nc2cncnc2o1.Cc1nsc2nccnc12.Cc1nsc2ncncc12.c1cnc2ocnc2n1. The Morgan fingerprint density at radius 3 is 1.84 bits per heavy atom. The van der Waals surface area contributed by atoms with Crippen LogP contribution in [0.4, 0.5) is 0 Å². The fourth-order valence-corrected chi connectivity index (χ4v) is 4.43. The topological polar surface area (TPSA) is 207 Å². The first kappa shape index (κ1) is 44.0. The molecule has 2 N–H and O–H groups in total. The standard InChI is InChI=1S/C6H5N3O.2C6H5N3S.C5H3N3O.4C2H6.CH5N/c1-4-9-5-2-7-3-8-6(5)10-4;1-4-5-2-7-3-8-6(5)10-9-4;1-4-5-6(10-9-4)8-3-2-7-5;1-2-7-5-4(6-1)8-3-9-5;5*1-2/h3*2-3H,1H3;1-3H;4*1-2H3;2H2,1H3. The van der Waals surface area contributed by atoms with E-state index >= 15 is 0 Å². The van der Waals surface area contributed by atoms with E-state index in [-0.39, 0.29) is 0 Å². The minimum atomic E-state index is 0.484. The zero-order valence-corrected chi connectivity index (χ0v) is 31.9. The van der Waals surface area contributed by atoms with Gasteiger partial charge in [0.15, 0.2) is 17.1 Å². The zero-order valence-electron chi connectivity index (χ0n) is 30.3. The molecule has 0 aliphatic heterocycles. The van der Waals surface area contributed by atoms with Crippen molar-refractivity contribution in [1.29, 1.82) is 0 Å². The lowest BCUT2D eigenvalue weighted by Gasteiger charge is -1.83. The Bertz CT molecular complexity index is 1810. The Hall–Kier alpha value is -5.00. The van der Waals surface area contributed by atoms with E-state index in [2.05, 4.69) is 64.3 Å². The first-order chi connectivity index (χ1) is 24.1. The predicted octanol–water partition coefficient (Wildman–Crippen LogP) is 8.01. The summed E-state index contributed by atoms with van der Waals surface area (Å²) in [5.74, 6) is 0.621. The van der Waals surface area contributed by atoms with Crippen LogP contribution in [-0.4, -0.2) is 65.6 Å². The molecule has 8 aromatic rings. The van der Waals surface area contributed by atoms with Gasteiger partial charge in [0.1, 0.15) is 28.5 Å². The van der Waals surface area contributed by atoms with E-state index in [1.54, 1.807) is 50.4 Å². The molecule has 0 atom stereocenters. The summed E-state index contributed by atoms with van der Waals surface area (Å²) in [7, 11) is 1.50. The number of hydrogen-bond acceptors (Lipinski definition) is 17. The second-order valence-corrected chi connectivity index (χ2v) is 8.97. The van der Waals surface area contributed by atoms with E-state index in [1.807, 2.05) is 69.2 Å². The van der Waals surface area contributed by atoms with Crippen molar-refractivity contribution in [2.75, 3.05) is 7.05 Å². The molecule has 0 amide bonds. The van der Waals surface area contributed by atoms with Crippen molar-refractivity contribution in [3.63, 3.8) is 0 Å². The van der Waals surface area contributed by atoms with Gasteiger partial charge in [-0.15, -0.1) is 0 Å². The molecule has 0 fully saturated rings. The van der Waals surface area contributed by atoms with Gasteiger partial charge in [0.2, 0.25) is 11.4 Å². The van der Waals surface area contributed by atoms with Crippen molar-refractivity contribution in [2.45, 2.75) is 76.2 Å². The molecule has 49 heavy (non-hydrogen) atoms. The molecule has 0 unspecified atom stereocenters. The van der Waals surface area contributed by atoms with Crippen LogP contribution >= 0.6 is 23.1 Å². The fourth-order valence-electron chi connectivity index (χ4n) is 3.01. The average molecular weight is 710 g/mol. The molecule has 8 rings (SSSR count). The second kappa shape index (κ2) is 27.0. The number of aromatic nitrogens is 12. The summed E-state index contributed by atoms with van der Waals surface area (Å²) in [6.45, 7) is 21.7. The number of nitrogens with zero attached hydrogens (tertiary/aromatic N) is 12. The summed E-state index contributed by atoms with van der Waals surface area (Å²) >= 11 is 2.80. The highest BCUT2D eigenvalue weighted by Gasteiger charge is 2.02. The molecule has 0 aliphatic rings. The predicted molar refractivity (Wildman–Crippen MR) is 199 cm³/mol. The molecule has 17 heteroatoms. The lowest BCUT2D eigenvalue weighted by molar-refractivity contribution is 0.551. The van der Waals surface area contributed by atoms with Crippen LogP contribution < -0.4 is 5.73 Å². The number of oxazole rings is 2. The van der Waals surface area contributed by atoms with Crippen LogP contribution in [0.25, 0.3) is 43.2 Å². The molecule has 15 nitrogen and oxygen atoms in total. The molecule has 0 aromatic carbocycles. The Balaban J connectivity index is 0.000000577. The minimum absolute atomic E-state index is 0.484. The molecule has 0 aliphatic carbocycles. The van der Waals surface area contributed by atoms with Gasteiger partial charge in [-0.2, -0.15) is 18.7 Å². The van der Waals surface area contributed by atoms with E-state index in [0.29, 0.717) is 28.5 Å². The summed E-state index contributed by atoms with van der Waals surface area (Å²) < 4.78 is 18.2. The smallest absolute Gasteiger partial charge is 0.266 e. The second-order valence-electron chi connectivity index (χ2n) is 7.47. The quantitative estimate of drug-likeness (QED) is 0.158. The van der Waals surface area contributed by atoms with Gasteiger partial charge in [-0.25, -0.2) is 34.9 Å². The van der Waals surface area contributed by atoms with Crippen LogP contribution in [0.15, 0.2) is 65.1 Å². The summed E-state index contributed by atoms with van der Waals surface area (Å²) in [6, 6.07) is 0. The average Bonchev–Trinajstić information content (AvgIpc) is 4.00. The lowest BCUT2D eigenvalue weighted by atomic mass is 10.3. The Labute approximate surface area is 295 Å². The third-order valence-electron chi connectivity index (χ3n) is 4.78. The van der Waals surface area contributed by atoms with E-state index < -0.39 is 0 Å². The van der Waals surface area contributed by atoms with Gasteiger partial charge in [-0.3, -0.25) is 4.98 Å². The highest BCUT2D eigenvalue weighted by atomic mass is 32.1. The van der Waals surface area contributed by atoms with Crippen LogP contribution in [-0.2, 0) is 0 Å². The Kier molecular flexibility index (Phi) is 24.2. The molecule has 8 aromatic heterocycles. The van der Waals surface area contributed by atoms with Crippen LogP contribution in [0.5, 0.6) is 0 Å². The first-order valence-electron chi connectivity index (χ1n) is 15.7. The van der Waals surface area contributed by atoms with Gasteiger partial charge < -0.3 is 14.6 Å². The van der Waals surface area contributed by atoms with Crippen LogP contribution in [0.3, 0.4) is 0 Å². The maximum Gasteiger partial charge on any atom is 0.266 e. The van der Waals surface area contributed by atoms with Crippen molar-refractivity contribution in [2.24, 2.45) is 5.73 Å². The molecular formula is C32H47N13O2S2. The van der Waals surface area contributed by atoms with E-state index in [1.165, 1.54) is 42.8 Å². The maximum absolute atomic E-state index is 5.11. The molecule has 8 heterocycles. The van der Waals surface area contributed by atoms with Crippen molar-refractivity contribution < 1.29 is 8.83 Å². The third-order valence-corrected chi connectivity index (χ3v) is 6.48. The van der Waals surface area contributed by atoms with Crippen molar-refractivity contribution in [1.82, 2.24) is 58.6 Å². The Morgan fingerprint density at radius 2 is 1.18 bits per heavy atom. The largest absolute Gasteiger partial charge is 0.424 e. The van der Waals surface area contributed by atoms with Gasteiger partial charge in [0.25, 0.3) is 5.71 Å². The number of hydrogen-bond donors (Lipinski definition) is 1. The fraction of sp³-hybridized carbons (Fsp3) is 0.375. The van der Waals surface area contributed by atoms with Gasteiger partial charge in [0.05, 0.1) is 23.0 Å². The highest BCUT2D eigenvalue weighted by molar-refractivity contribution is 7.13. The number of fused-ring (bicyclic) bond motifs is 4. The number of nitrogens with two attached hydrogens (primary N) is 1. The number of rotatable bonds is 0. The minimum Gasteiger partial charge on any atom is -0.424 e. The van der Waals surface area contributed by atoms with E-state index in [4.69, 9.17) is 8.83 Å². The van der Waals surface area contributed by atoms with E-state index in [9.17, 15) is 0 Å². The summed E-state index contributed by atoms with van der Waals surface area (Å²) in [6.07, 6.45) is 14.2. The Morgan fingerprint density at radius 1 is 0.592 bits per heavy atom. The number of aryl methyl sites for hydroxylation is 3. The van der Waals surface area contributed by atoms with Crippen molar-refractivity contribution in [3.05, 3.63) is 73.5 Å². The summed E-state index contributed by atoms with van der Waals surface area (Å²) in [5.41, 5.74) is 9.70. The van der Waals surface area contributed by atoms with Crippen LogP contribution in [0, 0.1) is 20.8 Å². The molecule has 0 spiro atoms. The van der Waals surface area contributed by atoms with Crippen LogP contribution in [0.1, 0.15) is 72.7 Å². The van der Waals surface area contributed by atoms with Crippen LogP contribution in [0.2, 0.25) is 0 Å². The van der Waals surface area contributed by atoms with Crippen molar-refractivity contribution >= 4 is 66.2 Å². The normalized spacial score (nSPS) is 8.92. The first-order valence-corrected chi connectivity index (χ1v) is 17.3. The molecule has 0 bridgehead atoms. The molecule has 0 saturated heterocycles.